The van der Waals surface area contributed by atoms with Crippen molar-refractivity contribution in [3.63, 3.8) is 0 Å². The average Bonchev–Trinajstić information content (AvgIpc) is 3.64. The summed E-state index contributed by atoms with van der Waals surface area (Å²) in [4.78, 5) is 34.3. The summed E-state index contributed by atoms with van der Waals surface area (Å²) >= 11 is 1.36. The highest BCUT2D eigenvalue weighted by Crippen LogP contribution is 2.34. The summed E-state index contributed by atoms with van der Waals surface area (Å²) < 4.78 is 27.7. The van der Waals surface area contributed by atoms with Crippen molar-refractivity contribution in [1.29, 1.82) is 0 Å². The number of aliphatic imine (C=N–C) groups is 1. The van der Waals surface area contributed by atoms with Gasteiger partial charge in [-0.25, -0.2) is 18.6 Å². The average molecular weight is 605 g/mol. The van der Waals surface area contributed by atoms with Crippen LogP contribution in [0.3, 0.4) is 0 Å². The maximum absolute atomic E-state index is 13.3. The fourth-order valence-corrected chi connectivity index (χ4v) is 7.89. The van der Waals surface area contributed by atoms with Gasteiger partial charge in [0.2, 0.25) is 21.8 Å². The Hall–Kier alpha value is -3.17. The molecule has 1 fully saturated rings. The Morgan fingerprint density at radius 2 is 1.93 bits per heavy atom. The second-order valence-electron chi connectivity index (χ2n) is 9.69. The minimum absolute atomic E-state index is 0.0865. The van der Waals surface area contributed by atoms with Gasteiger partial charge in [0.25, 0.3) is 0 Å². The van der Waals surface area contributed by atoms with Crippen molar-refractivity contribution in [2.24, 2.45) is 4.99 Å². The molecule has 2 aliphatic heterocycles. The molecule has 41 heavy (non-hydrogen) atoms. The molecule has 0 bridgehead atoms. The van der Waals surface area contributed by atoms with E-state index in [-0.39, 0.29) is 23.0 Å². The topological polar surface area (TPSA) is 161 Å². The fraction of sp³-hybridized carbons (Fsp3) is 0.444. The van der Waals surface area contributed by atoms with Gasteiger partial charge >= 0.3 is 0 Å². The van der Waals surface area contributed by atoms with E-state index < -0.39 is 33.6 Å². The Kier molecular flexibility index (Phi) is 11.0. The number of anilines is 1. The number of nitrogens with one attached hydrogen (secondary N) is 4. The maximum Gasteiger partial charge on any atom is 0.244 e. The summed E-state index contributed by atoms with van der Waals surface area (Å²) in [5.74, 6) is 0.436. The Morgan fingerprint density at radius 3 is 2.61 bits per heavy atom. The number of carbonyl (C=O) groups excluding carboxylic acids is 2. The molecule has 2 heterocycles. The van der Waals surface area contributed by atoms with Crippen LogP contribution in [0.4, 0.5) is 5.69 Å². The van der Waals surface area contributed by atoms with Crippen LogP contribution in [0.25, 0.3) is 0 Å². The van der Waals surface area contributed by atoms with Gasteiger partial charge in [-0.3, -0.25) is 14.6 Å². The molecule has 3 atom stereocenters. The maximum atomic E-state index is 13.3. The van der Waals surface area contributed by atoms with Gasteiger partial charge in [-0.05, 0) is 49.6 Å². The second-order valence-corrected chi connectivity index (χ2v) is 12.9. The lowest BCUT2D eigenvalue weighted by Gasteiger charge is -2.27. The van der Waals surface area contributed by atoms with Gasteiger partial charge in [-0.2, -0.15) is 4.31 Å². The molecular weight excluding hydrogens is 568 g/mol. The van der Waals surface area contributed by atoms with Crippen LogP contribution >= 0.6 is 11.8 Å². The standard InChI is InChI=1S/C27H36N6O6S2/c1-19-33(41(37,38)22-7-3-2-4-8-22)23(18-40-19)26(35)32-25(39-36)17-20-10-12-21(13-11-20)31-24(34)9-5-6-14-28-27-29-15-16-30-27/h2-4,7-8,10-13,19,23,25,36H,5-6,9,14-18H2,1H3,(H,31,34)(H,32,35)(H2,28,29,30). The molecule has 0 spiro atoms. The van der Waals surface area contributed by atoms with Crippen LogP contribution < -0.4 is 21.3 Å². The Balaban J connectivity index is 1.25. The van der Waals surface area contributed by atoms with Crippen molar-refractivity contribution in [2.45, 2.75) is 55.1 Å². The van der Waals surface area contributed by atoms with Crippen molar-refractivity contribution in [3.8, 4) is 0 Å². The molecule has 2 aliphatic rings. The molecule has 222 valence electrons. The van der Waals surface area contributed by atoms with E-state index in [0.29, 0.717) is 12.1 Å². The summed E-state index contributed by atoms with van der Waals surface area (Å²) in [6, 6.07) is 14.0. The largest absolute Gasteiger partial charge is 0.356 e. The molecule has 0 radical (unpaired) electrons. The van der Waals surface area contributed by atoms with E-state index in [1.54, 1.807) is 49.4 Å². The SMILES string of the molecule is CC1SCC(C(=O)NC(Cc2ccc(NC(=O)CCCCNC3=NCCN3)cc2)OO)N1S(=O)(=O)c1ccccc1. The van der Waals surface area contributed by atoms with E-state index in [1.807, 2.05) is 0 Å². The summed E-state index contributed by atoms with van der Waals surface area (Å²) in [7, 11) is -3.91. The first-order chi connectivity index (χ1) is 19.8. The first-order valence-corrected chi connectivity index (χ1v) is 16.0. The van der Waals surface area contributed by atoms with E-state index in [9.17, 15) is 23.3 Å². The molecule has 0 saturated carbocycles. The first kappa shape index (κ1) is 30.8. The van der Waals surface area contributed by atoms with Crippen molar-refractivity contribution in [2.75, 3.05) is 30.7 Å². The number of amides is 2. The highest BCUT2D eigenvalue weighted by atomic mass is 32.2. The zero-order chi connectivity index (χ0) is 29.2. The number of benzene rings is 2. The van der Waals surface area contributed by atoms with Crippen LogP contribution in [-0.4, -0.2) is 78.8 Å². The van der Waals surface area contributed by atoms with Crippen LogP contribution in [0, 0.1) is 0 Å². The third-order valence-corrected chi connectivity index (χ3v) is 10.0. The molecule has 2 aromatic carbocycles. The lowest BCUT2D eigenvalue weighted by molar-refractivity contribution is -0.284. The van der Waals surface area contributed by atoms with Gasteiger partial charge in [0.1, 0.15) is 6.04 Å². The molecule has 5 N–H and O–H groups in total. The molecule has 0 aliphatic carbocycles. The van der Waals surface area contributed by atoms with E-state index in [4.69, 9.17) is 0 Å². The predicted octanol–water partition coefficient (Wildman–Crippen LogP) is 1.97. The predicted molar refractivity (Wildman–Crippen MR) is 158 cm³/mol. The number of unbranched alkanes of at least 4 members (excludes halogenated alkanes) is 1. The minimum atomic E-state index is -3.91. The Labute approximate surface area is 244 Å². The molecule has 12 nitrogen and oxygen atoms in total. The monoisotopic (exact) mass is 604 g/mol. The highest BCUT2D eigenvalue weighted by Gasteiger charge is 2.44. The number of hydrogen-bond acceptors (Lipinski definition) is 10. The fourth-order valence-electron chi connectivity index (χ4n) is 4.56. The first-order valence-electron chi connectivity index (χ1n) is 13.5. The zero-order valence-electron chi connectivity index (χ0n) is 22.8. The molecule has 4 rings (SSSR count). The summed E-state index contributed by atoms with van der Waals surface area (Å²) in [6.07, 6.45) is 1.01. The van der Waals surface area contributed by atoms with Gasteiger partial charge in [0.15, 0.2) is 12.2 Å². The van der Waals surface area contributed by atoms with E-state index >= 15 is 0 Å². The molecule has 0 aromatic heterocycles. The molecule has 2 aromatic rings. The van der Waals surface area contributed by atoms with Crippen LogP contribution in [0.5, 0.6) is 0 Å². The third-order valence-electron chi connectivity index (χ3n) is 6.67. The number of rotatable bonds is 13. The van der Waals surface area contributed by atoms with E-state index in [2.05, 4.69) is 31.1 Å². The Morgan fingerprint density at radius 1 is 1.17 bits per heavy atom. The normalized spacial score (nSPS) is 19.7. The molecule has 14 heteroatoms. The van der Waals surface area contributed by atoms with Crippen LogP contribution in [0.1, 0.15) is 31.7 Å². The number of hydrogen-bond donors (Lipinski definition) is 5. The molecular formula is C27H36N6O6S2. The highest BCUT2D eigenvalue weighted by molar-refractivity contribution is 8.01. The second kappa shape index (κ2) is 14.6. The van der Waals surface area contributed by atoms with Gasteiger partial charge < -0.3 is 21.3 Å². The Bertz CT molecular complexity index is 1310. The van der Waals surface area contributed by atoms with Crippen molar-refractivity contribution < 1.29 is 28.2 Å². The number of carbonyl (C=O) groups is 2. The van der Waals surface area contributed by atoms with E-state index in [0.717, 1.165) is 44.0 Å². The molecule has 1 saturated heterocycles. The number of sulfonamides is 1. The van der Waals surface area contributed by atoms with E-state index in [1.165, 1.54) is 28.2 Å². The van der Waals surface area contributed by atoms with Crippen LogP contribution in [0.15, 0.2) is 64.5 Å². The lowest BCUT2D eigenvalue weighted by Crippen LogP contribution is -2.52. The number of nitrogens with zero attached hydrogens (tertiary/aromatic N) is 2. The van der Waals surface area contributed by atoms with Gasteiger partial charge in [0, 0.05) is 37.4 Å². The zero-order valence-corrected chi connectivity index (χ0v) is 24.4. The van der Waals surface area contributed by atoms with Gasteiger partial charge in [-0.1, -0.05) is 30.3 Å². The van der Waals surface area contributed by atoms with Crippen molar-refractivity contribution in [1.82, 2.24) is 20.3 Å². The van der Waals surface area contributed by atoms with Crippen LogP contribution in [0.2, 0.25) is 0 Å². The third kappa shape index (κ3) is 8.42. The molecule has 2 amide bonds. The summed E-state index contributed by atoms with van der Waals surface area (Å²) in [6.45, 7) is 4.12. The smallest absolute Gasteiger partial charge is 0.244 e. The van der Waals surface area contributed by atoms with Crippen molar-refractivity contribution >= 4 is 45.2 Å². The quantitative estimate of drug-likeness (QED) is 0.0996. The van der Waals surface area contributed by atoms with Crippen LogP contribution in [-0.2, 0) is 30.9 Å². The molecule has 3 unspecified atom stereocenters. The van der Waals surface area contributed by atoms with Gasteiger partial charge in [-0.15, -0.1) is 11.8 Å². The number of guanidine groups is 1. The van der Waals surface area contributed by atoms with Crippen molar-refractivity contribution in [3.05, 3.63) is 60.2 Å². The number of thioether (sulfide) groups is 1. The summed E-state index contributed by atoms with van der Waals surface area (Å²) in [5, 5.41) is 20.8. The summed E-state index contributed by atoms with van der Waals surface area (Å²) in [5.41, 5.74) is 1.37. The lowest BCUT2D eigenvalue weighted by atomic mass is 10.1. The minimum Gasteiger partial charge on any atom is -0.356 e. The van der Waals surface area contributed by atoms with Gasteiger partial charge in [0.05, 0.1) is 16.8 Å².